The SMILES string of the molecule is C/C=C/C(C)=O.CCCC1(CS(C)(=O)=O)C(C)CCC1(C)C. The van der Waals surface area contributed by atoms with Crippen LogP contribution >= 0.6 is 0 Å². The third-order valence-electron chi connectivity index (χ3n) is 5.11. The van der Waals surface area contributed by atoms with Gasteiger partial charge in [0.05, 0.1) is 5.75 Å². The molecule has 2 atom stereocenters. The number of sulfone groups is 1. The Balaban J connectivity index is 0.000000626. The zero-order valence-corrected chi connectivity index (χ0v) is 16.2. The van der Waals surface area contributed by atoms with E-state index in [9.17, 15) is 13.2 Å². The van der Waals surface area contributed by atoms with Gasteiger partial charge < -0.3 is 0 Å². The highest BCUT2D eigenvalue weighted by Crippen LogP contribution is 2.58. The average Bonchev–Trinajstić information content (AvgIpc) is 2.53. The Morgan fingerprint density at radius 2 is 1.86 bits per heavy atom. The van der Waals surface area contributed by atoms with E-state index in [-0.39, 0.29) is 16.6 Å². The van der Waals surface area contributed by atoms with E-state index >= 15 is 0 Å². The maximum absolute atomic E-state index is 11.7. The lowest BCUT2D eigenvalue weighted by Crippen LogP contribution is -2.42. The molecule has 0 N–H and O–H groups in total. The zero-order valence-electron chi connectivity index (χ0n) is 15.4. The first-order valence-electron chi connectivity index (χ1n) is 8.23. The summed E-state index contributed by atoms with van der Waals surface area (Å²) in [6.45, 7) is 12.2. The van der Waals surface area contributed by atoms with Gasteiger partial charge in [-0.2, -0.15) is 0 Å². The van der Waals surface area contributed by atoms with Crippen molar-refractivity contribution in [3.05, 3.63) is 12.2 Å². The minimum Gasteiger partial charge on any atom is -0.295 e. The Bertz CT molecular complexity index is 488. The van der Waals surface area contributed by atoms with E-state index < -0.39 is 9.84 Å². The quantitative estimate of drug-likeness (QED) is 0.701. The molecule has 0 aromatic rings. The predicted molar refractivity (Wildman–Crippen MR) is 94.7 cm³/mol. The summed E-state index contributed by atoms with van der Waals surface area (Å²) in [5.41, 5.74) is 0.154. The number of hydrogen-bond acceptors (Lipinski definition) is 3. The molecule has 1 fully saturated rings. The highest BCUT2D eigenvalue weighted by atomic mass is 32.2. The second kappa shape index (κ2) is 8.28. The Labute approximate surface area is 137 Å². The molecule has 0 spiro atoms. The summed E-state index contributed by atoms with van der Waals surface area (Å²) in [6, 6.07) is 0. The molecule has 130 valence electrons. The molecular formula is C18H34O3S. The molecule has 1 aliphatic rings. The van der Waals surface area contributed by atoms with Crippen LogP contribution in [0.1, 0.15) is 67.2 Å². The van der Waals surface area contributed by atoms with Gasteiger partial charge in [0.2, 0.25) is 0 Å². The Kier molecular flexibility index (Phi) is 8.04. The standard InChI is InChI=1S/C13H26O2S.C5H8O/c1-6-8-13(10-16(5,14)15)11(2)7-9-12(13,3)4;1-3-4-5(2)6/h11H,6-10H2,1-5H3;3-4H,1-2H3/b;4-3+. The summed E-state index contributed by atoms with van der Waals surface area (Å²) in [6.07, 6.45) is 9.07. The van der Waals surface area contributed by atoms with Crippen molar-refractivity contribution < 1.29 is 13.2 Å². The molecule has 1 rings (SSSR count). The molecule has 3 nitrogen and oxygen atoms in total. The third-order valence-corrected chi connectivity index (χ3v) is 6.15. The molecule has 1 saturated carbocycles. The normalized spacial score (nSPS) is 27.5. The average molecular weight is 331 g/mol. The number of hydrogen-bond donors (Lipinski definition) is 0. The summed E-state index contributed by atoms with van der Waals surface area (Å²) in [5.74, 6) is 0.997. The lowest BCUT2D eigenvalue weighted by molar-refractivity contribution is -0.112. The van der Waals surface area contributed by atoms with Crippen molar-refractivity contribution in [2.45, 2.75) is 67.2 Å². The van der Waals surface area contributed by atoms with Crippen molar-refractivity contribution in [1.82, 2.24) is 0 Å². The van der Waals surface area contributed by atoms with Gasteiger partial charge in [-0.1, -0.05) is 40.2 Å². The Morgan fingerprint density at radius 3 is 2.09 bits per heavy atom. The molecule has 0 amide bonds. The van der Waals surface area contributed by atoms with Crippen molar-refractivity contribution in [3.63, 3.8) is 0 Å². The molecule has 4 heteroatoms. The van der Waals surface area contributed by atoms with Gasteiger partial charge in [0.1, 0.15) is 9.84 Å². The monoisotopic (exact) mass is 330 g/mol. The van der Waals surface area contributed by atoms with Crippen molar-refractivity contribution in [2.24, 2.45) is 16.7 Å². The highest BCUT2D eigenvalue weighted by molar-refractivity contribution is 7.90. The molecule has 0 saturated heterocycles. The molecule has 2 unspecified atom stereocenters. The summed E-state index contributed by atoms with van der Waals surface area (Å²) >= 11 is 0. The van der Waals surface area contributed by atoms with Crippen LogP contribution in [0.4, 0.5) is 0 Å². The maximum atomic E-state index is 11.7. The van der Waals surface area contributed by atoms with Crippen LogP contribution in [-0.4, -0.2) is 26.2 Å². The van der Waals surface area contributed by atoms with Gasteiger partial charge in [-0.15, -0.1) is 0 Å². The smallest absolute Gasteiger partial charge is 0.152 e. The number of allylic oxidation sites excluding steroid dienone is 2. The topological polar surface area (TPSA) is 51.2 Å². The first-order valence-corrected chi connectivity index (χ1v) is 10.3. The fourth-order valence-electron chi connectivity index (χ4n) is 3.91. The summed E-state index contributed by atoms with van der Waals surface area (Å²) in [4.78, 5) is 9.96. The van der Waals surface area contributed by atoms with E-state index in [1.165, 1.54) is 25.7 Å². The van der Waals surface area contributed by atoms with E-state index in [4.69, 9.17) is 0 Å². The van der Waals surface area contributed by atoms with Gasteiger partial charge in [-0.3, -0.25) is 4.79 Å². The summed E-state index contributed by atoms with van der Waals surface area (Å²) in [5, 5.41) is 0. The van der Waals surface area contributed by atoms with Crippen LogP contribution in [0.2, 0.25) is 0 Å². The number of ketones is 1. The van der Waals surface area contributed by atoms with Gasteiger partial charge >= 0.3 is 0 Å². The molecule has 0 aliphatic heterocycles. The molecule has 0 radical (unpaired) electrons. The molecule has 22 heavy (non-hydrogen) atoms. The van der Waals surface area contributed by atoms with E-state index in [0.717, 1.165) is 19.3 Å². The summed E-state index contributed by atoms with van der Waals surface area (Å²) in [7, 11) is -2.89. The zero-order chi connectivity index (χ0) is 17.6. The third kappa shape index (κ3) is 5.86. The van der Waals surface area contributed by atoms with E-state index in [0.29, 0.717) is 11.7 Å². The van der Waals surface area contributed by atoms with Crippen molar-refractivity contribution in [2.75, 3.05) is 12.0 Å². The lowest BCUT2D eigenvalue weighted by Gasteiger charge is -2.44. The Hall–Kier alpha value is -0.640. The first-order chi connectivity index (χ1) is 9.92. The minimum atomic E-state index is -2.89. The van der Waals surface area contributed by atoms with Crippen LogP contribution < -0.4 is 0 Å². The van der Waals surface area contributed by atoms with Crippen LogP contribution in [0, 0.1) is 16.7 Å². The van der Waals surface area contributed by atoms with Gasteiger partial charge in [-0.25, -0.2) is 8.42 Å². The molecule has 0 heterocycles. The predicted octanol–water partition coefficient (Wildman–Crippen LogP) is 4.43. The van der Waals surface area contributed by atoms with Crippen LogP contribution in [0.3, 0.4) is 0 Å². The van der Waals surface area contributed by atoms with Crippen LogP contribution in [0.15, 0.2) is 12.2 Å². The van der Waals surface area contributed by atoms with Crippen LogP contribution in [0.5, 0.6) is 0 Å². The largest absolute Gasteiger partial charge is 0.295 e. The summed E-state index contributed by atoms with van der Waals surface area (Å²) < 4.78 is 23.4. The Morgan fingerprint density at radius 1 is 1.32 bits per heavy atom. The molecule has 0 bridgehead atoms. The number of rotatable bonds is 5. The van der Waals surface area contributed by atoms with E-state index in [1.54, 1.807) is 6.08 Å². The maximum Gasteiger partial charge on any atom is 0.152 e. The van der Waals surface area contributed by atoms with E-state index in [2.05, 4.69) is 27.7 Å². The van der Waals surface area contributed by atoms with Gasteiger partial charge in [0.15, 0.2) is 5.78 Å². The fourth-order valence-corrected chi connectivity index (χ4v) is 5.67. The van der Waals surface area contributed by atoms with Crippen molar-refractivity contribution >= 4 is 15.6 Å². The second-order valence-electron chi connectivity index (χ2n) is 7.41. The fraction of sp³-hybridized carbons (Fsp3) is 0.833. The van der Waals surface area contributed by atoms with Gasteiger partial charge in [0, 0.05) is 6.26 Å². The minimum absolute atomic E-state index is 0.00463. The first kappa shape index (κ1) is 21.4. The van der Waals surface area contributed by atoms with Gasteiger partial charge in [0.25, 0.3) is 0 Å². The van der Waals surface area contributed by atoms with Gasteiger partial charge in [-0.05, 0) is 55.9 Å². The lowest BCUT2D eigenvalue weighted by atomic mass is 9.63. The molecular weight excluding hydrogens is 296 g/mol. The number of carbonyl (C=O) groups is 1. The number of carbonyl (C=O) groups excluding carboxylic acids is 1. The highest BCUT2D eigenvalue weighted by Gasteiger charge is 2.53. The second-order valence-corrected chi connectivity index (χ2v) is 9.55. The molecule has 1 aliphatic carbocycles. The molecule has 0 aromatic carbocycles. The van der Waals surface area contributed by atoms with Crippen molar-refractivity contribution in [3.8, 4) is 0 Å². The van der Waals surface area contributed by atoms with Crippen molar-refractivity contribution in [1.29, 1.82) is 0 Å². The van der Waals surface area contributed by atoms with Crippen LogP contribution in [0.25, 0.3) is 0 Å². The van der Waals surface area contributed by atoms with Crippen LogP contribution in [-0.2, 0) is 14.6 Å². The molecule has 0 aromatic heterocycles. The van der Waals surface area contributed by atoms with E-state index in [1.807, 2.05) is 6.92 Å².